The van der Waals surface area contributed by atoms with Gasteiger partial charge in [0.15, 0.2) is 11.6 Å². The minimum Gasteiger partial charge on any atom is -0.505 e. The van der Waals surface area contributed by atoms with Crippen LogP contribution in [0.1, 0.15) is 11.7 Å². The summed E-state index contributed by atoms with van der Waals surface area (Å²) in [6.45, 7) is 0. The predicted octanol–water partition coefficient (Wildman–Crippen LogP) is 3.79. The van der Waals surface area contributed by atoms with Gasteiger partial charge in [0.25, 0.3) is 0 Å². The minimum absolute atomic E-state index is 0.184. The third-order valence-electron chi connectivity index (χ3n) is 4.30. The highest BCUT2D eigenvalue weighted by molar-refractivity contribution is 6.01. The highest BCUT2D eigenvalue weighted by Gasteiger charge is 2.22. The van der Waals surface area contributed by atoms with Gasteiger partial charge in [-0.3, -0.25) is 4.79 Å². The molecule has 3 aromatic rings. The molecule has 0 saturated carbocycles. The number of carbonyl (C=O) groups is 1. The molecule has 0 aliphatic carbocycles. The first kappa shape index (κ1) is 20.9. The van der Waals surface area contributed by atoms with Crippen molar-refractivity contribution in [1.29, 1.82) is 0 Å². The number of nitrogens with two attached hydrogens (primary N) is 1. The average Bonchev–Trinajstić information content (AvgIpc) is 2.75. The zero-order valence-electron chi connectivity index (χ0n) is 15.9. The smallest absolute Gasteiger partial charge is 0.248 e. The SMILES string of the molecule is Nc1ccccc1NC(=O)/C=C/[C@H](Oc1ccccc1)[C@@H](O)c1ccc(O)c(F)c1. The first-order valence-corrected chi connectivity index (χ1v) is 9.16. The summed E-state index contributed by atoms with van der Waals surface area (Å²) in [6, 6.07) is 19.0. The van der Waals surface area contributed by atoms with Crippen molar-refractivity contribution >= 4 is 17.3 Å². The van der Waals surface area contributed by atoms with Gasteiger partial charge in [-0.1, -0.05) is 36.4 Å². The van der Waals surface area contributed by atoms with Gasteiger partial charge < -0.3 is 26.0 Å². The second kappa shape index (κ2) is 9.58. The van der Waals surface area contributed by atoms with Crippen LogP contribution in [0.2, 0.25) is 0 Å². The fourth-order valence-electron chi connectivity index (χ4n) is 2.73. The fraction of sp³-hybridized carbons (Fsp3) is 0.0870. The van der Waals surface area contributed by atoms with Crippen LogP contribution >= 0.6 is 0 Å². The van der Waals surface area contributed by atoms with Crippen molar-refractivity contribution in [2.75, 3.05) is 11.1 Å². The van der Waals surface area contributed by atoms with Crippen LogP contribution in [0.4, 0.5) is 15.8 Å². The lowest BCUT2D eigenvalue weighted by Gasteiger charge is -2.22. The zero-order valence-corrected chi connectivity index (χ0v) is 15.9. The number of hydrogen-bond donors (Lipinski definition) is 4. The topological polar surface area (TPSA) is 105 Å². The molecule has 3 aromatic carbocycles. The van der Waals surface area contributed by atoms with E-state index in [1.54, 1.807) is 54.6 Å². The number of hydrogen-bond acceptors (Lipinski definition) is 5. The van der Waals surface area contributed by atoms with Gasteiger partial charge >= 0.3 is 0 Å². The molecule has 0 unspecified atom stereocenters. The number of phenolic OH excluding ortho intramolecular Hbond substituents is 1. The Hall–Kier alpha value is -3.84. The van der Waals surface area contributed by atoms with Gasteiger partial charge in [0.2, 0.25) is 5.91 Å². The van der Waals surface area contributed by atoms with Crippen LogP contribution in [0.25, 0.3) is 0 Å². The molecule has 7 heteroatoms. The maximum absolute atomic E-state index is 13.7. The highest BCUT2D eigenvalue weighted by Crippen LogP contribution is 2.26. The summed E-state index contributed by atoms with van der Waals surface area (Å²) in [6.07, 6.45) is 0.276. The third-order valence-corrected chi connectivity index (χ3v) is 4.30. The molecule has 30 heavy (non-hydrogen) atoms. The fourth-order valence-corrected chi connectivity index (χ4v) is 2.73. The van der Waals surface area contributed by atoms with Gasteiger partial charge in [-0.2, -0.15) is 0 Å². The Morgan fingerprint density at radius 1 is 1.07 bits per heavy atom. The Morgan fingerprint density at radius 2 is 1.77 bits per heavy atom. The van der Waals surface area contributed by atoms with Crippen LogP contribution in [-0.4, -0.2) is 22.2 Å². The molecule has 0 fully saturated rings. The highest BCUT2D eigenvalue weighted by atomic mass is 19.1. The first-order chi connectivity index (χ1) is 14.4. The summed E-state index contributed by atoms with van der Waals surface area (Å²) in [4.78, 5) is 12.3. The van der Waals surface area contributed by atoms with Crippen molar-refractivity contribution in [3.05, 3.63) is 96.3 Å². The van der Waals surface area contributed by atoms with E-state index >= 15 is 0 Å². The van der Waals surface area contributed by atoms with Crippen LogP contribution in [0.15, 0.2) is 84.9 Å². The zero-order chi connectivity index (χ0) is 21.5. The van der Waals surface area contributed by atoms with E-state index < -0.39 is 29.7 Å². The van der Waals surface area contributed by atoms with Gasteiger partial charge in [0.1, 0.15) is 18.0 Å². The second-order valence-corrected chi connectivity index (χ2v) is 6.49. The molecule has 3 rings (SSSR count). The molecule has 6 nitrogen and oxygen atoms in total. The standard InChI is InChI=1S/C23H21FN2O4/c24-17-14-15(10-11-20(17)27)23(29)21(30-16-6-2-1-3-7-16)12-13-22(28)26-19-9-5-4-8-18(19)25/h1-14,21,23,27,29H,25H2,(H,26,28)/b13-12+/t21-,23-/m0/s1. The van der Waals surface area contributed by atoms with E-state index in [4.69, 9.17) is 10.5 Å². The van der Waals surface area contributed by atoms with Crippen molar-refractivity contribution in [1.82, 2.24) is 0 Å². The van der Waals surface area contributed by atoms with Crippen molar-refractivity contribution < 1.29 is 24.1 Å². The number of aliphatic hydroxyl groups is 1. The van der Waals surface area contributed by atoms with Gasteiger partial charge in [-0.05, 0) is 48.0 Å². The van der Waals surface area contributed by atoms with E-state index in [1.807, 2.05) is 0 Å². The summed E-state index contributed by atoms with van der Waals surface area (Å²) < 4.78 is 19.5. The molecular formula is C23H21FN2O4. The normalized spacial score (nSPS) is 13.0. The van der Waals surface area contributed by atoms with Crippen LogP contribution in [0, 0.1) is 5.82 Å². The number of nitrogen functional groups attached to an aromatic ring is 1. The largest absolute Gasteiger partial charge is 0.505 e. The Balaban J connectivity index is 1.81. The number of anilines is 2. The Labute approximate surface area is 173 Å². The molecule has 0 aliphatic rings. The molecule has 0 bridgehead atoms. The lowest BCUT2D eigenvalue weighted by Crippen LogP contribution is -2.24. The van der Waals surface area contributed by atoms with Crippen LogP contribution in [-0.2, 0) is 4.79 Å². The molecule has 0 radical (unpaired) electrons. The molecule has 1 amide bonds. The maximum Gasteiger partial charge on any atom is 0.248 e. The summed E-state index contributed by atoms with van der Waals surface area (Å²) >= 11 is 0. The number of ether oxygens (including phenoxy) is 1. The van der Waals surface area contributed by atoms with Gasteiger partial charge in [0, 0.05) is 6.08 Å². The maximum atomic E-state index is 13.7. The monoisotopic (exact) mass is 408 g/mol. The van der Waals surface area contributed by atoms with Crippen molar-refractivity contribution in [3.8, 4) is 11.5 Å². The summed E-state index contributed by atoms with van der Waals surface area (Å²) in [7, 11) is 0. The number of nitrogens with one attached hydrogen (secondary N) is 1. The molecule has 0 aliphatic heterocycles. The first-order valence-electron chi connectivity index (χ1n) is 9.16. The number of rotatable bonds is 7. The lowest BCUT2D eigenvalue weighted by atomic mass is 10.0. The molecule has 154 valence electrons. The van der Waals surface area contributed by atoms with Crippen molar-refractivity contribution in [3.63, 3.8) is 0 Å². The lowest BCUT2D eigenvalue weighted by molar-refractivity contribution is -0.112. The van der Waals surface area contributed by atoms with E-state index in [1.165, 1.54) is 18.2 Å². The van der Waals surface area contributed by atoms with E-state index in [9.17, 15) is 19.4 Å². The van der Waals surface area contributed by atoms with Crippen LogP contribution in [0.3, 0.4) is 0 Å². The molecular weight excluding hydrogens is 387 g/mol. The quantitative estimate of drug-likeness (QED) is 0.352. The molecule has 0 spiro atoms. The van der Waals surface area contributed by atoms with Gasteiger partial charge in [-0.25, -0.2) is 4.39 Å². The molecule has 2 atom stereocenters. The van der Waals surface area contributed by atoms with E-state index in [-0.39, 0.29) is 5.56 Å². The molecule has 5 N–H and O–H groups in total. The van der Waals surface area contributed by atoms with Gasteiger partial charge in [-0.15, -0.1) is 0 Å². The number of para-hydroxylation sites is 3. The third kappa shape index (κ3) is 5.36. The number of halogens is 1. The van der Waals surface area contributed by atoms with Crippen molar-refractivity contribution in [2.45, 2.75) is 12.2 Å². The van der Waals surface area contributed by atoms with Crippen LogP contribution < -0.4 is 15.8 Å². The molecule has 0 aromatic heterocycles. The number of carbonyl (C=O) groups excluding carboxylic acids is 1. The molecule has 0 heterocycles. The number of amides is 1. The summed E-state index contributed by atoms with van der Waals surface area (Å²) in [5, 5.41) is 22.7. The Bertz CT molecular complexity index is 1040. The number of aromatic hydroxyl groups is 1. The molecule has 0 saturated heterocycles. The van der Waals surface area contributed by atoms with Gasteiger partial charge in [0.05, 0.1) is 11.4 Å². The summed E-state index contributed by atoms with van der Waals surface area (Å²) in [5.41, 5.74) is 6.87. The van der Waals surface area contributed by atoms with E-state index in [2.05, 4.69) is 5.32 Å². The van der Waals surface area contributed by atoms with Crippen molar-refractivity contribution in [2.24, 2.45) is 0 Å². The number of phenols is 1. The van der Waals surface area contributed by atoms with Crippen LogP contribution in [0.5, 0.6) is 11.5 Å². The summed E-state index contributed by atoms with van der Waals surface area (Å²) in [5.74, 6) is -1.41. The Kier molecular flexibility index (Phi) is 6.67. The average molecular weight is 408 g/mol. The second-order valence-electron chi connectivity index (χ2n) is 6.49. The van der Waals surface area contributed by atoms with E-state index in [0.29, 0.717) is 17.1 Å². The number of aliphatic hydroxyl groups excluding tert-OH is 1. The predicted molar refractivity (Wildman–Crippen MR) is 113 cm³/mol. The Morgan fingerprint density at radius 3 is 2.47 bits per heavy atom. The minimum atomic E-state index is -1.30. The van der Waals surface area contributed by atoms with E-state index in [0.717, 1.165) is 12.1 Å². The number of benzene rings is 3.